The van der Waals surface area contributed by atoms with Gasteiger partial charge in [0.2, 0.25) is 6.79 Å². The Morgan fingerprint density at radius 3 is 2.45 bits per heavy atom. The number of fused-ring (bicyclic) bond motifs is 1. The van der Waals surface area contributed by atoms with Crippen LogP contribution >= 0.6 is 0 Å². The van der Waals surface area contributed by atoms with Gasteiger partial charge in [-0.2, -0.15) is 0 Å². The maximum absolute atomic E-state index is 12.7. The van der Waals surface area contributed by atoms with Crippen LogP contribution in [0.2, 0.25) is 0 Å². The van der Waals surface area contributed by atoms with Gasteiger partial charge >= 0.3 is 0 Å². The molecule has 7 nitrogen and oxygen atoms in total. The average Bonchev–Trinajstić information content (AvgIpc) is 3.29. The highest BCUT2D eigenvalue weighted by Crippen LogP contribution is 2.32. The van der Waals surface area contributed by atoms with Crippen molar-refractivity contribution in [1.29, 1.82) is 0 Å². The maximum Gasteiger partial charge on any atom is 0.251 e. The van der Waals surface area contributed by atoms with Crippen LogP contribution in [0.25, 0.3) is 0 Å². The van der Waals surface area contributed by atoms with Gasteiger partial charge in [-0.1, -0.05) is 6.07 Å². The van der Waals surface area contributed by atoms with Crippen LogP contribution in [0.4, 0.5) is 0 Å². The molecule has 7 heteroatoms. The fourth-order valence-corrected chi connectivity index (χ4v) is 3.20. The van der Waals surface area contributed by atoms with Crippen LogP contribution in [0, 0.1) is 0 Å². The molecule has 0 fully saturated rings. The summed E-state index contributed by atoms with van der Waals surface area (Å²) in [6.07, 6.45) is 0. The molecule has 160 valence electrons. The van der Waals surface area contributed by atoms with Crippen molar-refractivity contribution in [2.75, 3.05) is 21.0 Å². The van der Waals surface area contributed by atoms with Gasteiger partial charge in [0.15, 0.2) is 11.5 Å². The molecule has 1 aliphatic rings. The molecule has 0 saturated heterocycles. The Hall–Kier alpha value is -3.87. The zero-order valence-corrected chi connectivity index (χ0v) is 17.3. The summed E-state index contributed by atoms with van der Waals surface area (Å²) in [6, 6.07) is 18.2. The predicted molar refractivity (Wildman–Crippen MR) is 114 cm³/mol. The van der Waals surface area contributed by atoms with E-state index in [4.69, 9.17) is 23.7 Å². The molecular weight excluding hydrogens is 398 g/mol. The van der Waals surface area contributed by atoms with Crippen LogP contribution in [-0.2, 0) is 13.2 Å². The van der Waals surface area contributed by atoms with Crippen LogP contribution in [-0.4, -0.2) is 26.9 Å². The second-order valence-electron chi connectivity index (χ2n) is 6.86. The SMILES string of the molecule is COc1ccc(OCc2cc(C(=O)NCc3ccc4c(c3)OCO4)ccc2OC)cc1. The highest BCUT2D eigenvalue weighted by molar-refractivity contribution is 5.94. The first kappa shape index (κ1) is 20.4. The molecule has 3 aromatic rings. The quantitative estimate of drug-likeness (QED) is 0.594. The number of amides is 1. The maximum atomic E-state index is 12.7. The van der Waals surface area contributed by atoms with Crippen LogP contribution in [0.15, 0.2) is 60.7 Å². The normalized spacial score (nSPS) is 11.7. The molecule has 31 heavy (non-hydrogen) atoms. The van der Waals surface area contributed by atoms with Gasteiger partial charge in [0.1, 0.15) is 23.9 Å². The smallest absolute Gasteiger partial charge is 0.251 e. The second kappa shape index (κ2) is 9.30. The minimum atomic E-state index is -0.189. The number of hydrogen-bond donors (Lipinski definition) is 1. The molecule has 0 radical (unpaired) electrons. The van der Waals surface area contributed by atoms with Crippen molar-refractivity contribution in [1.82, 2.24) is 5.32 Å². The molecule has 1 amide bonds. The summed E-state index contributed by atoms with van der Waals surface area (Å²) in [7, 11) is 3.20. The van der Waals surface area contributed by atoms with E-state index < -0.39 is 0 Å². The van der Waals surface area contributed by atoms with Crippen molar-refractivity contribution in [2.45, 2.75) is 13.2 Å². The Morgan fingerprint density at radius 2 is 1.68 bits per heavy atom. The Bertz CT molecular complexity index is 1060. The van der Waals surface area contributed by atoms with E-state index in [1.807, 2.05) is 42.5 Å². The third-order valence-electron chi connectivity index (χ3n) is 4.89. The van der Waals surface area contributed by atoms with Gasteiger partial charge in [-0.15, -0.1) is 0 Å². The summed E-state index contributed by atoms with van der Waals surface area (Å²) >= 11 is 0. The van der Waals surface area contributed by atoms with E-state index in [0.29, 0.717) is 35.1 Å². The van der Waals surface area contributed by atoms with Crippen LogP contribution in [0.1, 0.15) is 21.5 Å². The molecule has 4 rings (SSSR count). The number of nitrogens with one attached hydrogen (secondary N) is 1. The number of methoxy groups -OCH3 is 2. The Morgan fingerprint density at radius 1 is 0.903 bits per heavy atom. The first-order chi connectivity index (χ1) is 15.2. The van der Waals surface area contributed by atoms with Gasteiger partial charge in [0.05, 0.1) is 14.2 Å². The molecule has 0 saturated carbocycles. The summed E-state index contributed by atoms with van der Waals surface area (Å²) in [5.41, 5.74) is 2.22. The van der Waals surface area contributed by atoms with E-state index >= 15 is 0 Å². The van der Waals surface area contributed by atoms with Gasteiger partial charge in [-0.25, -0.2) is 0 Å². The van der Waals surface area contributed by atoms with E-state index in [0.717, 1.165) is 16.9 Å². The minimum absolute atomic E-state index is 0.189. The zero-order valence-electron chi connectivity index (χ0n) is 17.3. The molecule has 1 heterocycles. The highest BCUT2D eigenvalue weighted by atomic mass is 16.7. The third-order valence-corrected chi connectivity index (χ3v) is 4.89. The number of hydrogen-bond acceptors (Lipinski definition) is 6. The lowest BCUT2D eigenvalue weighted by Gasteiger charge is -2.13. The molecule has 3 aromatic carbocycles. The second-order valence-corrected chi connectivity index (χ2v) is 6.86. The van der Waals surface area contributed by atoms with Crippen LogP contribution in [0.3, 0.4) is 0 Å². The van der Waals surface area contributed by atoms with Crippen molar-refractivity contribution in [3.8, 4) is 28.7 Å². The molecule has 0 atom stereocenters. The first-order valence-corrected chi connectivity index (χ1v) is 9.77. The van der Waals surface area contributed by atoms with Crippen molar-refractivity contribution in [3.05, 3.63) is 77.4 Å². The molecule has 0 aliphatic carbocycles. The van der Waals surface area contributed by atoms with E-state index in [2.05, 4.69) is 5.32 Å². The number of carbonyl (C=O) groups is 1. The standard InChI is InChI=1S/C24H23NO6/c1-27-19-5-7-20(8-6-19)29-14-18-12-17(4-10-21(18)28-2)24(26)25-13-16-3-9-22-23(11-16)31-15-30-22/h3-12H,13-15H2,1-2H3,(H,25,26). The van der Waals surface area contributed by atoms with Gasteiger partial charge in [0, 0.05) is 17.7 Å². The van der Waals surface area contributed by atoms with Gasteiger partial charge < -0.3 is 29.0 Å². The van der Waals surface area contributed by atoms with Crippen LogP contribution in [0.5, 0.6) is 28.7 Å². The predicted octanol–water partition coefficient (Wildman–Crippen LogP) is 3.94. The van der Waals surface area contributed by atoms with E-state index in [-0.39, 0.29) is 19.3 Å². The summed E-state index contributed by atoms with van der Waals surface area (Å²) in [5, 5.41) is 2.93. The largest absolute Gasteiger partial charge is 0.497 e. The molecule has 0 bridgehead atoms. The summed E-state index contributed by atoms with van der Waals surface area (Å²) in [4.78, 5) is 12.7. The Labute approximate surface area is 180 Å². The van der Waals surface area contributed by atoms with Crippen molar-refractivity contribution in [2.24, 2.45) is 0 Å². The average molecular weight is 421 g/mol. The van der Waals surface area contributed by atoms with E-state index in [9.17, 15) is 4.79 Å². The number of rotatable bonds is 8. The Balaban J connectivity index is 1.41. The summed E-state index contributed by atoms with van der Waals surface area (Å²) < 4.78 is 27.1. The van der Waals surface area contributed by atoms with Gasteiger partial charge in [0.25, 0.3) is 5.91 Å². The fourth-order valence-electron chi connectivity index (χ4n) is 3.20. The third kappa shape index (κ3) is 4.83. The van der Waals surface area contributed by atoms with E-state index in [1.54, 1.807) is 32.4 Å². The first-order valence-electron chi connectivity index (χ1n) is 9.77. The monoisotopic (exact) mass is 421 g/mol. The van der Waals surface area contributed by atoms with Crippen LogP contribution < -0.4 is 29.0 Å². The molecule has 0 aromatic heterocycles. The lowest BCUT2D eigenvalue weighted by molar-refractivity contribution is 0.0950. The number of benzene rings is 3. The topological polar surface area (TPSA) is 75.3 Å². The van der Waals surface area contributed by atoms with Crippen molar-refractivity contribution < 1.29 is 28.5 Å². The number of carbonyl (C=O) groups excluding carboxylic acids is 1. The minimum Gasteiger partial charge on any atom is -0.497 e. The molecule has 0 spiro atoms. The lowest BCUT2D eigenvalue weighted by Crippen LogP contribution is -2.23. The van der Waals surface area contributed by atoms with Crippen molar-refractivity contribution >= 4 is 5.91 Å². The highest BCUT2D eigenvalue weighted by Gasteiger charge is 2.15. The van der Waals surface area contributed by atoms with Crippen molar-refractivity contribution in [3.63, 3.8) is 0 Å². The summed E-state index contributed by atoms with van der Waals surface area (Å²) in [6.45, 7) is 0.857. The summed E-state index contributed by atoms with van der Waals surface area (Å²) in [5.74, 6) is 3.32. The Kier molecular flexibility index (Phi) is 6.12. The molecule has 0 unspecified atom stereocenters. The molecule has 1 aliphatic heterocycles. The molecular formula is C24H23NO6. The van der Waals surface area contributed by atoms with Gasteiger partial charge in [-0.3, -0.25) is 4.79 Å². The molecule has 1 N–H and O–H groups in total. The van der Waals surface area contributed by atoms with Gasteiger partial charge in [-0.05, 0) is 60.2 Å². The van der Waals surface area contributed by atoms with E-state index in [1.165, 1.54) is 0 Å². The fraction of sp³-hybridized carbons (Fsp3) is 0.208. The zero-order chi connectivity index (χ0) is 21.6. The number of ether oxygens (including phenoxy) is 5. The lowest BCUT2D eigenvalue weighted by atomic mass is 10.1.